The van der Waals surface area contributed by atoms with Crippen LogP contribution in [0.1, 0.15) is 245 Å². The third kappa shape index (κ3) is 45.8. The van der Waals surface area contributed by atoms with Gasteiger partial charge in [0.15, 0.2) is 6.10 Å². The second-order valence-electron chi connectivity index (χ2n) is 16.7. The van der Waals surface area contributed by atoms with Crippen LogP contribution >= 0.6 is 7.82 Å². The van der Waals surface area contributed by atoms with Crippen LogP contribution in [0.25, 0.3) is 0 Å². The molecule has 0 aliphatic rings. The van der Waals surface area contributed by atoms with Crippen molar-refractivity contribution in [3.05, 3.63) is 24.3 Å². The summed E-state index contributed by atoms with van der Waals surface area (Å²) in [5.74, 6) is -0.823. The Balaban J connectivity index is 4.05. The fourth-order valence-corrected chi connectivity index (χ4v) is 7.86. The molecular weight excluding hydrogens is 762 g/mol. The van der Waals surface area contributed by atoms with E-state index in [2.05, 4.69) is 38.2 Å². The Hall–Kier alpha value is -1.51. The van der Waals surface area contributed by atoms with Gasteiger partial charge in [-0.15, -0.1) is 0 Å². The lowest BCUT2D eigenvalue weighted by Crippen LogP contribution is -2.29. The molecule has 2 atom stereocenters. The number of hydrogen-bond acceptors (Lipinski definition) is 8. The van der Waals surface area contributed by atoms with Crippen LogP contribution in [0.2, 0.25) is 0 Å². The van der Waals surface area contributed by atoms with Crippen molar-refractivity contribution in [1.82, 2.24) is 0 Å². The van der Waals surface area contributed by atoms with Crippen molar-refractivity contribution in [3.63, 3.8) is 0 Å². The van der Waals surface area contributed by atoms with Crippen molar-refractivity contribution in [3.8, 4) is 0 Å². The smallest absolute Gasteiger partial charge is 0.462 e. The molecule has 0 aliphatic heterocycles. The van der Waals surface area contributed by atoms with Crippen LogP contribution in [0, 0.1) is 0 Å². The molecule has 0 aromatic carbocycles. The van der Waals surface area contributed by atoms with Crippen LogP contribution in [-0.4, -0.2) is 49.3 Å². The standard InChI is InChI=1S/C49H94NO8P/c1-3-5-7-9-11-13-15-17-19-21-23-25-27-29-31-33-35-37-39-41-48(51)55-45-47(46-57-59(53,54)56-44-43-50)58-49(52)42-40-38-36-34-32-30-28-26-24-22-20-18-16-14-12-10-8-6-4-2/h17-20,47H,3-16,21-46,50H2,1-2H3,(H,53,54)/b19-17-,20-18-/t47-/m1/s1. The van der Waals surface area contributed by atoms with E-state index in [1.807, 2.05) is 0 Å². The predicted octanol–water partition coefficient (Wildman–Crippen LogP) is 14.7. The van der Waals surface area contributed by atoms with Gasteiger partial charge in [0, 0.05) is 19.4 Å². The van der Waals surface area contributed by atoms with Crippen LogP contribution in [0.15, 0.2) is 24.3 Å². The van der Waals surface area contributed by atoms with E-state index < -0.39 is 26.5 Å². The summed E-state index contributed by atoms with van der Waals surface area (Å²) in [4.78, 5) is 35.0. The Morgan fingerprint density at radius 3 is 1.20 bits per heavy atom. The third-order valence-corrected chi connectivity index (χ3v) is 11.8. The molecule has 0 fully saturated rings. The summed E-state index contributed by atoms with van der Waals surface area (Å²) in [6, 6.07) is 0. The second kappa shape index (κ2) is 46.0. The second-order valence-corrected chi connectivity index (χ2v) is 18.1. The number of unbranched alkanes of at least 4 members (excludes halogenated alkanes) is 30. The maximum absolute atomic E-state index is 12.6. The van der Waals surface area contributed by atoms with Crippen molar-refractivity contribution in [1.29, 1.82) is 0 Å². The average molecular weight is 856 g/mol. The molecule has 0 bridgehead atoms. The molecule has 3 N–H and O–H groups in total. The maximum Gasteiger partial charge on any atom is 0.472 e. The Bertz CT molecular complexity index is 1020. The third-order valence-electron chi connectivity index (χ3n) is 10.8. The van der Waals surface area contributed by atoms with Gasteiger partial charge in [0.25, 0.3) is 0 Å². The van der Waals surface area contributed by atoms with Gasteiger partial charge in [-0.3, -0.25) is 18.6 Å². The van der Waals surface area contributed by atoms with Crippen molar-refractivity contribution in [2.75, 3.05) is 26.4 Å². The van der Waals surface area contributed by atoms with Gasteiger partial charge >= 0.3 is 19.8 Å². The summed E-state index contributed by atoms with van der Waals surface area (Å²) in [5, 5.41) is 0. The summed E-state index contributed by atoms with van der Waals surface area (Å²) in [5.41, 5.74) is 5.36. The molecule has 0 saturated heterocycles. The topological polar surface area (TPSA) is 134 Å². The van der Waals surface area contributed by atoms with Gasteiger partial charge in [-0.2, -0.15) is 0 Å². The van der Waals surface area contributed by atoms with E-state index in [0.29, 0.717) is 6.42 Å². The van der Waals surface area contributed by atoms with E-state index in [9.17, 15) is 19.0 Å². The molecule has 0 rings (SSSR count). The van der Waals surface area contributed by atoms with Crippen molar-refractivity contribution in [2.45, 2.75) is 251 Å². The lowest BCUT2D eigenvalue weighted by atomic mass is 10.1. The Kier molecular flexibility index (Phi) is 44.8. The molecule has 0 spiro atoms. The highest BCUT2D eigenvalue weighted by atomic mass is 31.2. The number of carbonyl (C=O) groups excluding carboxylic acids is 2. The Morgan fingerprint density at radius 2 is 0.831 bits per heavy atom. The molecule has 0 aromatic rings. The van der Waals surface area contributed by atoms with Gasteiger partial charge in [0.2, 0.25) is 0 Å². The van der Waals surface area contributed by atoms with Crippen LogP contribution in [0.3, 0.4) is 0 Å². The molecule has 1 unspecified atom stereocenters. The molecule has 0 heterocycles. The predicted molar refractivity (Wildman–Crippen MR) is 247 cm³/mol. The number of esters is 2. The van der Waals surface area contributed by atoms with E-state index in [4.69, 9.17) is 24.3 Å². The first-order chi connectivity index (χ1) is 28.8. The number of ether oxygens (including phenoxy) is 2. The average Bonchev–Trinajstić information content (AvgIpc) is 3.22. The summed E-state index contributed by atoms with van der Waals surface area (Å²) in [6.07, 6.45) is 50.6. The molecule has 59 heavy (non-hydrogen) atoms. The number of rotatable bonds is 47. The van der Waals surface area contributed by atoms with E-state index >= 15 is 0 Å². The molecule has 0 aromatic heterocycles. The first-order valence-electron chi connectivity index (χ1n) is 24.8. The molecule has 0 radical (unpaired) electrons. The summed E-state index contributed by atoms with van der Waals surface area (Å²) in [7, 11) is -4.38. The Morgan fingerprint density at radius 1 is 0.492 bits per heavy atom. The van der Waals surface area contributed by atoms with Crippen LogP contribution < -0.4 is 5.73 Å². The van der Waals surface area contributed by atoms with E-state index in [0.717, 1.165) is 38.5 Å². The fraction of sp³-hybridized carbons (Fsp3) is 0.878. The summed E-state index contributed by atoms with van der Waals surface area (Å²) in [6.45, 7) is 3.76. The number of hydrogen-bond donors (Lipinski definition) is 2. The lowest BCUT2D eigenvalue weighted by molar-refractivity contribution is -0.161. The zero-order chi connectivity index (χ0) is 43.2. The molecule has 0 saturated carbocycles. The number of nitrogens with two attached hydrogens (primary N) is 1. The van der Waals surface area contributed by atoms with Gasteiger partial charge < -0.3 is 20.1 Å². The summed E-state index contributed by atoms with van der Waals surface area (Å²) >= 11 is 0. The summed E-state index contributed by atoms with van der Waals surface area (Å²) < 4.78 is 32.9. The zero-order valence-corrected chi connectivity index (χ0v) is 39.4. The highest BCUT2D eigenvalue weighted by Gasteiger charge is 2.26. The minimum atomic E-state index is -4.38. The first-order valence-corrected chi connectivity index (χ1v) is 26.3. The van der Waals surface area contributed by atoms with E-state index in [1.165, 1.54) is 173 Å². The van der Waals surface area contributed by atoms with Crippen molar-refractivity contribution < 1.29 is 37.6 Å². The molecule has 10 heteroatoms. The monoisotopic (exact) mass is 856 g/mol. The highest BCUT2D eigenvalue weighted by molar-refractivity contribution is 7.47. The van der Waals surface area contributed by atoms with E-state index in [1.54, 1.807) is 0 Å². The van der Waals surface area contributed by atoms with E-state index in [-0.39, 0.29) is 38.6 Å². The molecular formula is C49H94NO8P. The first kappa shape index (κ1) is 57.5. The largest absolute Gasteiger partial charge is 0.472 e. The van der Waals surface area contributed by atoms with Gasteiger partial charge in [0.05, 0.1) is 13.2 Å². The SMILES string of the molecule is CCCCCCCC/C=C\CCCCCCCCCCCC(=O)OC[C@H](COP(=O)(O)OCCN)OC(=O)CCCCCCCCCCC/C=C\CCCCCCCC. The lowest BCUT2D eigenvalue weighted by Gasteiger charge is -2.19. The highest BCUT2D eigenvalue weighted by Crippen LogP contribution is 2.43. The molecule has 348 valence electrons. The fourth-order valence-electron chi connectivity index (χ4n) is 7.10. The zero-order valence-electron chi connectivity index (χ0n) is 38.5. The van der Waals surface area contributed by atoms with Crippen LogP contribution in [-0.2, 0) is 32.7 Å². The van der Waals surface area contributed by atoms with Gasteiger partial charge in [-0.05, 0) is 64.2 Å². The van der Waals surface area contributed by atoms with Crippen LogP contribution in [0.4, 0.5) is 0 Å². The maximum atomic E-state index is 12.6. The number of phosphoric ester groups is 1. The number of phosphoric acid groups is 1. The molecule has 0 aliphatic carbocycles. The minimum Gasteiger partial charge on any atom is -0.462 e. The molecule has 9 nitrogen and oxygen atoms in total. The minimum absolute atomic E-state index is 0.0542. The quantitative estimate of drug-likeness (QED) is 0.0265. The molecule has 0 amide bonds. The van der Waals surface area contributed by atoms with Gasteiger partial charge in [-0.1, -0.05) is 192 Å². The normalized spacial score (nSPS) is 13.4. The van der Waals surface area contributed by atoms with Crippen molar-refractivity contribution in [2.24, 2.45) is 5.73 Å². The van der Waals surface area contributed by atoms with Crippen molar-refractivity contribution >= 4 is 19.8 Å². The number of carbonyl (C=O) groups is 2. The van der Waals surface area contributed by atoms with Crippen LogP contribution in [0.5, 0.6) is 0 Å². The Labute approximate surface area is 363 Å². The van der Waals surface area contributed by atoms with Gasteiger partial charge in [-0.25, -0.2) is 4.57 Å². The van der Waals surface area contributed by atoms with Gasteiger partial charge in [0.1, 0.15) is 6.61 Å². The number of allylic oxidation sites excluding steroid dienone is 4.